The largest absolute Gasteiger partial charge is 0.366 e. The lowest BCUT2D eigenvalue weighted by Gasteiger charge is -2.47. The van der Waals surface area contributed by atoms with Gasteiger partial charge in [-0.2, -0.15) is 5.26 Å². The van der Waals surface area contributed by atoms with E-state index in [1.165, 1.54) is 18.5 Å². The number of rotatable bonds is 3. The van der Waals surface area contributed by atoms with Crippen LogP contribution in [0.15, 0.2) is 24.3 Å². The van der Waals surface area contributed by atoms with Crippen molar-refractivity contribution in [3.8, 4) is 6.07 Å². The van der Waals surface area contributed by atoms with Gasteiger partial charge < -0.3 is 10.6 Å². The molecule has 0 saturated carbocycles. The molecule has 0 amide bonds. The van der Waals surface area contributed by atoms with Gasteiger partial charge in [0.15, 0.2) is 0 Å². The maximum atomic E-state index is 8.86. The molecule has 1 aliphatic rings. The summed E-state index contributed by atoms with van der Waals surface area (Å²) in [6, 6.07) is 10.1. The molecule has 19 heavy (non-hydrogen) atoms. The zero-order chi connectivity index (χ0) is 13.9. The molecular weight excluding hydrogens is 234 g/mol. The van der Waals surface area contributed by atoms with E-state index in [9.17, 15) is 0 Å². The fourth-order valence-electron chi connectivity index (χ4n) is 3.21. The molecule has 1 atom stereocenters. The van der Waals surface area contributed by atoms with Crippen LogP contribution in [0, 0.1) is 17.2 Å². The molecule has 0 aliphatic carbocycles. The van der Waals surface area contributed by atoms with Crippen molar-refractivity contribution in [1.82, 2.24) is 0 Å². The average molecular weight is 257 g/mol. The van der Waals surface area contributed by atoms with E-state index in [0.717, 1.165) is 31.0 Å². The number of hydrogen-bond acceptors (Lipinski definition) is 3. The second kappa shape index (κ2) is 5.63. The van der Waals surface area contributed by atoms with Crippen LogP contribution in [-0.2, 0) is 0 Å². The van der Waals surface area contributed by atoms with Gasteiger partial charge in [-0.1, -0.05) is 0 Å². The van der Waals surface area contributed by atoms with Gasteiger partial charge in [-0.05, 0) is 69.8 Å². The minimum Gasteiger partial charge on any atom is -0.366 e. The number of nitriles is 1. The Balaban J connectivity index is 2.14. The Bertz CT molecular complexity index is 456. The van der Waals surface area contributed by atoms with Crippen molar-refractivity contribution in [3.63, 3.8) is 0 Å². The topological polar surface area (TPSA) is 53.0 Å². The molecule has 1 fully saturated rings. The first-order valence-electron chi connectivity index (χ1n) is 7.04. The lowest BCUT2D eigenvalue weighted by atomic mass is 9.80. The van der Waals surface area contributed by atoms with Gasteiger partial charge >= 0.3 is 0 Å². The van der Waals surface area contributed by atoms with Gasteiger partial charge in [-0.3, -0.25) is 0 Å². The summed E-state index contributed by atoms with van der Waals surface area (Å²) in [4.78, 5) is 2.46. The number of anilines is 1. The molecule has 0 radical (unpaired) electrons. The van der Waals surface area contributed by atoms with Crippen LogP contribution in [0.4, 0.5) is 5.69 Å². The fraction of sp³-hybridized carbons (Fsp3) is 0.562. The Morgan fingerprint density at radius 1 is 1.37 bits per heavy atom. The number of nitrogens with zero attached hydrogens (tertiary/aromatic N) is 2. The van der Waals surface area contributed by atoms with E-state index in [2.05, 4.69) is 36.9 Å². The summed E-state index contributed by atoms with van der Waals surface area (Å²) in [5.74, 6) is 0.745. The first kappa shape index (κ1) is 13.9. The van der Waals surface area contributed by atoms with E-state index in [0.29, 0.717) is 0 Å². The highest BCUT2D eigenvalue weighted by molar-refractivity contribution is 5.52. The van der Waals surface area contributed by atoms with Crippen LogP contribution < -0.4 is 10.6 Å². The number of benzene rings is 1. The molecule has 1 unspecified atom stereocenters. The molecule has 1 aliphatic heterocycles. The van der Waals surface area contributed by atoms with Gasteiger partial charge in [0.05, 0.1) is 11.6 Å². The highest BCUT2D eigenvalue weighted by Gasteiger charge is 2.34. The van der Waals surface area contributed by atoms with Crippen molar-refractivity contribution in [2.75, 3.05) is 18.0 Å². The van der Waals surface area contributed by atoms with Gasteiger partial charge in [0.2, 0.25) is 0 Å². The van der Waals surface area contributed by atoms with Crippen LogP contribution in [0.2, 0.25) is 0 Å². The van der Waals surface area contributed by atoms with Gasteiger partial charge in [0.1, 0.15) is 0 Å². The van der Waals surface area contributed by atoms with Crippen molar-refractivity contribution in [2.24, 2.45) is 11.7 Å². The fourth-order valence-corrected chi connectivity index (χ4v) is 3.21. The molecule has 0 bridgehead atoms. The Morgan fingerprint density at radius 2 is 2.05 bits per heavy atom. The molecule has 1 aromatic carbocycles. The van der Waals surface area contributed by atoms with E-state index in [4.69, 9.17) is 11.0 Å². The highest BCUT2D eigenvalue weighted by atomic mass is 15.2. The van der Waals surface area contributed by atoms with Crippen molar-refractivity contribution < 1.29 is 0 Å². The monoisotopic (exact) mass is 257 g/mol. The summed E-state index contributed by atoms with van der Waals surface area (Å²) in [6.07, 6.45) is 3.52. The number of piperidine rings is 1. The maximum Gasteiger partial charge on any atom is 0.0991 e. The van der Waals surface area contributed by atoms with Gasteiger partial charge in [0, 0.05) is 17.8 Å². The Kier molecular flexibility index (Phi) is 4.11. The van der Waals surface area contributed by atoms with E-state index in [1.54, 1.807) is 0 Å². The number of hydrogen-bond donors (Lipinski definition) is 1. The summed E-state index contributed by atoms with van der Waals surface area (Å²) in [5, 5.41) is 8.86. The lowest BCUT2D eigenvalue weighted by Crippen LogP contribution is -2.50. The highest BCUT2D eigenvalue weighted by Crippen LogP contribution is 2.36. The molecule has 1 saturated heterocycles. The lowest BCUT2D eigenvalue weighted by molar-refractivity contribution is 0.264. The molecule has 2 rings (SSSR count). The van der Waals surface area contributed by atoms with Gasteiger partial charge in [-0.15, -0.1) is 0 Å². The summed E-state index contributed by atoms with van der Waals surface area (Å²) < 4.78 is 0. The quantitative estimate of drug-likeness (QED) is 0.906. The van der Waals surface area contributed by atoms with Gasteiger partial charge in [-0.25, -0.2) is 0 Å². The second-order valence-electron chi connectivity index (χ2n) is 6.06. The Labute approximate surface area is 116 Å². The van der Waals surface area contributed by atoms with E-state index in [1.807, 2.05) is 12.1 Å². The molecule has 2 N–H and O–H groups in total. The van der Waals surface area contributed by atoms with Crippen molar-refractivity contribution in [1.29, 1.82) is 5.26 Å². The smallest absolute Gasteiger partial charge is 0.0991 e. The summed E-state index contributed by atoms with van der Waals surface area (Å²) in [6.45, 7) is 6.46. The first-order chi connectivity index (χ1) is 9.06. The van der Waals surface area contributed by atoms with Gasteiger partial charge in [0.25, 0.3) is 0 Å². The minimum atomic E-state index is 0.159. The average Bonchev–Trinajstić information content (AvgIpc) is 2.38. The van der Waals surface area contributed by atoms with Crippen LogP contribution >= 0.6 is 0 Å². The molecule has 102 valence electrons. The maximum absolute atomic E-state index is 8.86. The van der Waals surface area contributed by atoms with Crippen LogP contribution in [-0.4, -0.2) is 18.6 Å². The summed E-state index contributed by atoms with van der Waals surface area (Å²) >= 11 is 0. The standard InChI is InChI=1S/C16H23N3/c1-16(2)11-13(7-9-17)8-10-19(16)15-5-3-14(12-18)4-6-15/h3-6,13H,7-11,17H2,1-2H3. The molecule has 0 aromatic heterocycles. The first-order valence-corrected chi connectivity index (χ1v) is 7.04. The van der Waals surface area contributed by atoms with Crippen LogP contribution in [0.1, 0.15) is 38.7 Å². The summed E-state index contributed by atoms with van der Waals surface area (Å²) in [5.41, 5.74) is 7.78. The third-order valence-corrected chi connectivity index (χ3v) is 4.16. The third kappa shape index (κ3) is 3.08. The molecular formula is C16H23N3. The Morgan fingerprint density at radius 3 is 2.58 bits per heavy atom. The summed E-state index contributed by atoms with van der Waals surface area (Å²) in [7, 11) is 0. The molecule has 0 spiro atoms. The second-order valence-corrected chi connectivity index (χ2v) is 6.06. The van der Waals surface area contributed by atoms with E-state index >= 15 is 0 Å². The Hall–Kier alpha value is -1.53. The van der Waals surface area contributed by atoms with Crippen LogP contribution in [0.25, 0.3) is 0 Å². The van der Waals surface area contributed by atoms with Crippen LogP contribution in [0.3, 0.4) is 0 Å². The predicted octanol–water partition coefficient (Wildman–Crippen LogP) is 2.90. The minimum absolute atomic E-state index is 0.159. The molecule has 1 heterocycles. The zero-order valence-corrected chi connectivity index (χ0v) is 11.9. The molecule has 3 nitrogen and oxygen atoms in total. The molecule has 3 heteroatoms. The third-order valence-electron chi connectivity index (χ3n) is 4.16. The van der Waals surface area contributed by atoms with E-state index in [-0.39, 0.29) is 5.54 Å². The molecule has 1 aromatic rings. The zero-order valence-electron chi connectivity index (χ0n) is 11.9. The normalized spacial score (nSPS) is 22.0. The van der Waals surface area contributed by atoms with Crippen LogP contribution in [0.5, 0.6) is 0 Å². The van der Waals surface area contributed by atoms with Crippen molar-refractivity contribution in [2.45, 2.75) is 38.6 Å². The predicted molar refractivity (Wildman–Crippen MR) is 79.0 cm³/mol. The SMILES string of the molecule is CC1(C)CC(CCN)CCN1c1ccc(C#N)cc1. The van der Waals surface area contributed by atoms with E-state index < -0.39 is 0 Å². The van der Waals surface area contributed by atoms with Crippen molar-refractivity contribution >= 4 is 5.69 Å². The number of nitrogens with two attached hydrogens (primary N) is 1. The van der Waals surface area contributed by atoms with Crippen molar-refractivity contribution in [3.05, 3.63) is 29.8 Å².